The fourth-order valence-electron chi connectivity index (χ4n) is 8.93. The van der Waals surface area contributed by atoms with Gasteiger partial charge in [-0.1, -0.05) is 38.3 Å². The number of phenolic OH excluding ortho intramolecular Hbond substituents is 1. The van der Waals surface area contributed by atoms with Gasteiger partial charge in [0.1, 0.15) is 28.9 Å². The van der Waals surface area contributed by atoms with Crippen molar-refractivity contribution < 1.29 is 44.3 Å². The van der Waals surface area contributed by atoms with Crippen molar-refractivity contribution in [2.45, 2.75) is 88.8 Å². The highest BCUT2D eigenvalue weighted by Crippen LogP contribution is 2.56. The summed E-state index contributed by atoms with van der Waals surface area (Å²) in [5, 5.41) is 44.5. The molecule has 10 heteroatoms. The molecular formula is C33H39NO9. The summed E-state index contributed by atoms with van der Waals surface area (Å²) in [5.41, 5.74) is 1.59. The van der Waals surface area contributed by atoms with Crippen LogP contribution in [0.2, 0.25) is 0 Å². The number of ether oxygens (including phenoxy) is 1. The van der Waals surface area contributed by atoms with Crippen LogP contribution in [-0.4, -0.2) is 55.6 Å². The predicted octanol–water partition coefficient (Wildman–Crippen LogP) is 4.05. The third-order valence-electron chi connectivity index (χ3n) is 10.8. The minimum Gasteiger partial charge on any atom is -0.511 e. The van der Waals surface area contributed by atoms with Gasteiger partial charge in [0.05, 0.1) is 5.56 Å². The van der Waals surface area contributed by atoms with Gasteiger partial charge in [0, 0.05) is 30.3 Å². The fraction of sp³-hybridized carbons (Fsp3) is 0.576. The number of aromatic hydroxyl groups is 1. The van der Waals surface area contributed by atoms with Gasteiger partial charge in [0.25, 0.3) is 5.91 Å². The molecule has 0 aliphatic heterocycles. The van der Waals surface area contributed by atoms with Gasteiger partial charge in [0.15, 0.2) is 11.4 Å². The Labute approximate surface area is 249 Å². The lowest BCUT2D eigenvalue weighted by Crippen LogP contribution is -2.63. The van der Waals surface area contributed by atoms with Crippen LogP contribution in [0, 0.1) is 29.6 Å². The number of nitrogens with two attached hydrogens (primary N) is 1. The first kappa shape index (κ1) is 29.4. The van der Waals surface area contributed by atoms with Gasteiger partial charge in [-0.2, -0.15) is 0 Å². The van der Waals surface area contributed by atoms with Crippen LogP contribution >= 0.6 is 0 Å². The SMILES string of the molecule is C[C@H]1c2cccc(O)c2C(=O)C2=C(O)[C@]3(O)C(=O)C(C(N)=O)=C(O)C[C@@H]3[C@@H](OC(=O)CCCC3CC4CCCC(C3)C4)[C@@H]21. The second kappa shape index (κ2) is 10.8. The average Bonchev–Trinajstić information content (AvgIpc) is 2.94. The van der Waals surface area contributed by atoms with Gasteiger partial charge in [-0.15, -0.1) is 0 Å². The van der Waals surface area contributed by atoms with Crippen LogP contribution < -0.4 is 5.73 Å². The number of carbonyl (C=O) groups excluding carboxylic acids is 4. The Morgan fingerprint density at radius 3 is 2.44 bits per heavy atom. The van der Waals surface area contributed by atoms with Crippen LogP contribution in [0.3, 0.4) is 0 Å². The molecular weight excluding hydrogens is 554 g/mol. The highest BCUT2D eigenvalue weighted by atomic mass is 16.5. The summed E-state index contributed by atoms with van der Waals surface area (Å²) in [4.78, 5) is 52.7. The van der Waals surface area contributed by atoms with Gasteiger partial charge in [-0.3, -0.25) is 19.2 Å². The van der Waals surface area contributed by atoms with E-state index in [1.165, 1.54) is 44.6 Å². The molecule has 1 amide bonds. The number of primary amides is 1. The molecule has 2 fully saturated rings. The summed E-state index contributed by atoms with van der Waals surface area (Å²) < 4.78 is 6.00. The van der Waals surface area contributed by atoms with Crippen molar-refractivity contribution in [3.63, 3.8) is 0 Å². The molecule has 0 radical (unpaired) electrons. The molecule has 1 aromatic rings. The van der Waals surface area contributed by atoms with Crippen LogP contribution in [0.1, 0.15) is 93.0 Å². The molecule has 230 valence electrons. The molecule has 6 N–H and O–H groups in total. The topological polar surface area (TPSA) is 184 Å². The molecule has 2 bridgehead atoms. The van der Waals surface area contributed by atoms with Crippen molar-refractivity contribution in [1.82, 2.24) is 0 Å². The van der Waals surface area contributed by atoms with Gasteiger partial charge in [-0.25, -0.2) is 0 Å². The lowest BCUT2D eigenvalue weighted by molar-refractivity contribution is -0.174. The number of carbonyl (C=O) groups is 4. The number of rotatable bonds is 6. The summed E-state index contributed by atoms with van der Waals surface area (Å²) in [6, 6.07) is 4.54. The highest BCUT2D eigenvalue weighted by molar-refractivity contribution is 6.24. The zero-order chi connectivity index (χ0) is 30.8. The first-order valence-corrected chi connectivity index (χ1v) is 15.4. The molecule has 1 aromatic carbocycles. The monoisotopic (exact) mass is 593 g/mol. The summed E-state index contributed by atoms with van der Waals surface area (Å²) in [7, 11) is 0. The number of Topliss-reactive ketones (excluding diaryl/α,β-unsaturated/α-hetero) is 2. The number of ketones is 2. The van der Waals surface area contributed by atoms with E-state index in [1.807, 2.05) is 0 Å². The molecule has 7 atom stereocenters. The van der Waals surface area contributed by atoms with Crippen LogP contribution in [0.5, 0.6) is 5.75 Å². The number of fused-ring (bicyclic) bond motifs is 5. The molecule has 0 spiro atoms. The number of hydrogen-bond acceptors (Lipinski definition) is 9. The number of amides is 1. The molecule has 43 heavy (non-hydrogen) atoms. The average molecular weight is 594 g/mol. The molecule has 10 nitrogen and oxygen atoms in total. The molecule has 2 saturated carbocycles. The molecule has 0 saturated heterocycles. The van der Waals surface area contributed by atoms with E-state index in [9.17, 15) is 39.6 Å². The van der Waals surface area contributed by atoms with Gasteiger partial charge in [0.2, 0.25) is 5.78 Å². The number of benzene rings is 1. The Hall–Kier alpha value is -3.66. The van der Waals surface area contributed by atoms with Crippen molar-refractivity contribution in [1.29, 1.82) is 0 Å². The zero-order valence-electron chi connectivity index (χ0n) is 24.3. The maximum absolute atomic E-state index is 13.8. The van der Waals surface area contributed by atoms with E-state index in [2.05, 4.69) is 0 Å². The maximum atomic E-state index is 13.8. The summed E-state index contributed by atoms with van der Waals surface area (Å²) >= 11 is 0. The number of hydrogen-bond donors (Lipinski definition) is 5. The Kier molecular flexibility index (Phi) is 7.39. The van der Waals surface area contributed by atoms with Crippen LogP contribution in [-0.2, 0) is 19.1 Å². The maximum Gasteiger partial charge on any atom is 0.306 e. The van der Waals surface area contributed by atoms with Gasteiger partial charge < -0.3 is 30.9 Å². The van der Waals surface area contributed by atoms with Crippen LogP contribution in [0.25, 0.3) is 0 Å². The number of aliphatic hydroxyl groups excluding tert-OH is 2. The number of phenols is 1. The van der Waals surface area contributed by atoms with Gasteiger partial charge >= 0.3 is 5.97 Å². The summed E-state index contributed by atoms with van der Waals surface area (Å²) in [5.74, 6) is -6.97. The molecule has 6 rings (SSSR count). The second-order valence-electron chi connectivity index (χ2n) is 13.3. The molecule has 0 heterocycles. The van der Waals surface area contributed by atoms with Gasteiger partial charge in [-0.05, 0) is 67.4 Å². The first-order valence-electron chi connectivity index (χ1n) is 15.4. The minimum atomic E-state index is -2.86. The molecule has 5 aliphatic carbocycles. The fourth-order valence-corrected chi connectivity index (χ4v) is 8.93. The minimum absolute atomic E-state index is 0.0889. The van der Waals surface area contributed by atoms with E-state index in [4.69, 9.17) is 10.5 Å². The normalized spacial score (nSPS) is 35.2. The number of aliphatic hydroxyl groups is 3. The lowest BCUT2D eigenvalue weighted by atomic mass is 9.56. The Morgan fingerprint density at radius 2 is 1.77 bits per heavy atom. The predicted molar refractivity (Wildman–Crippen MR) is 153 cm³/mol. The molecule has 5 aliphatic rings. The van der Waals surface area contributed by atoms with Crippen LogP contribution in [0.15, 0.2) is 40.9 Å². The van der Waals surface area contributed by atoms with Crippen molar-refractivity contribution in [3.8, 4) is 5.75 Å². The van der Waals surface area contributed by atoms with E-state index in [-0.39, 0.29) is 23.3 Å². The lowest BCUT2D eigenvalue weighted by Gasteiger charge is -2.51. The quantitative estimate of drug-likeness (QED) is 0.240. The largest absolute Gasteiger partial charge is 0.511 e. The number of esters is 1. The molecule has 0 aromatic heterocycles. The molecule has 2 unspecified atom stereocenters. The standard InChI is InChI=1S/C33H39NO9/c1-15-19-8-4-9-21(35)25(19)28(38)27-24(15)29(20-14-22(36)26(32(34)41)30(39)33(20,42)31(27)40)43-23(37)10-3-7-18-12-16-5-2-6-17(11-16)13-18/h4,8-9,15-18,20,24,29,35-36,40,42H,2-3,5-7,10-14H2,1H3,(H2,34,41)/t15-,16?,17?,18?,20+,24+,29+,33+/m0/s1. The van der Waals surface area contributed by atoms with E-state index >= 15 is 0 Å². The van der Waals surface area contributed by atoms with Crippen molar-refractivity contribution in [2.24, 2.45) is 35.3 Å². The third-order valence-corrected chi connectivity index (χ3v) is 10.8. The van der Waals surface area contributed by atoms with Crippen molar-refractivity contribution >= 4 is 23.4 Å². The highest BCUT2D eigenvalue weighted by Gasteiger charge is 2.65. The first-order chi connectivity index (χ1) is 20.4. The van der Waals surface area contributed by atoms with Crippen LogP contribution in [0.4, 0.5) is 0 Å². The van der Waals surface area contributed by atoms with Crippen molar-refractivity contribution in [3.05, 3.63) is 52.0 Å². The van der Waals surface area contributed by atoms with E-state index in [0.29, 0.717) is 17.9 Å². The Bertz CT molecular complexity index is 1450. The summed E-state index contributed by atoms with van der Waals surface area (Å²) in [6.07, 6.45) is 7.30. The Balaban J connectivity index is 1.32. The second-order valence-corrected chi connectivity index (χ2v) is 13.3. The van der Waals surface area contributed by atoms with E-state index in [1.54, 1.807) is 19.1 Å². The zero-order valence-corrected chi connectivity index (χ0v) is 24.3. The smallest absolute Gasteiger partial charge is 0.306 e. The number of allylic oxidation sites excluding steroid dienone is 1. The summed E-state index contributed by atoms with van der Waals surface area (Å²) in [6.45, 7) is 1.74. The van der Waals surface area contributed by atoms with E-state index < -0.39 is 76.4 Å². The third kappa shape index (κ3) is 4.65. The van der Waals surface area contributed by atoms with Crippen molar-refractivity contribution in [2.75, 3.05) is 0 Å². The van der Waals surface area contributed by atoms with E-state index in [0.717, 1.165) is 18.3 Å². The Morgan fingerprint density at radius 1 is 1.07 bits per heavy atom.